The number of benzene rings is 1. The smallest absolute Gasteiger partial charge is 0.438 e. The van der Waals surface area contributed by atoms with Crippen molar-refractivity contribution in [1.29, 1.82) is 0 Å². The van der Waals surface area contributed by atoms with Crippen LogP contribution in [0.25, 0.3) is 0 Å². The minimum absolute atomic E-state index is 0.148. The maximum atomic E-state index is 11.4. The molecule has 4 nitrogen and oxygen atoms in total. The highest BCUT2D eigenvalue weighted by Crippen LogP contribution is 2.15. The lowest BCUT2D eigenvalue weighted by Crippen LogP contribution is -2.21. The van der Waals surface area contributed by atoms with Crippen molar-refractivity contribution in [2.24, 2.45) is 4.99 Å². The van der Waals surface area contributed by atoms with E-state index in [2.05, 4.69) is 59.9 Å². The summed E-state index contributed by atoms with van der Waals surface area (Å²) in [6, 6.07) is 10.3. The van der Waals surface area contributed by atoms with Crippen molar-refractivity contribution in [3.05, 3.63) is 35.9 Å². The van der Waals surface area contributed by atoms with Gasteiger partial charge in [-0.2, -0.15) is 0 Å². The van der Waals surface area contributed by atoms with Crippen LogP contribution in [0.15, 0.2) is 35.3 Å². The van der Waals surface area contributed by atoms with Crippen LogP contribution in [-0.4, -0.2) is 33.7 Å². The molecule has 0 N–H and O–H groups in total. The Kier molecular flexibility index (Phi) is 9.00. The van der Waals surface area contributed by atoms with E-state index in [-0.39, 0.29) is 6.04 Å². The monoisotopic (exact) mass is 359 g/mol. The second-order valence-electron chi connectivity index (χ2n) is 6.93. The number of rotatable bonds is 7. The molecule has 0 spiro atoms. The normalized spacial score (nSPS) is 13.6. The predicted molar refractivity (Wildman–Crippen MR) is 106 cm³/mol. The molecule has 0 heterocycles. The van der Waals surface area contributed by atoms with E-state index in [4.69, 9.17) is 4.74 Å². The first kappa shape index (κ1) is 21.0. The Hall–Kier alpha value is -2.06. The van der Waals surface area contributed by atoms with Crippen LogP contribution in [0.4, 0.5) is 4.79 Å². The molecule has 1 aromatic carbocycles. The van der Waals surface area contributed by atoms with Crippen molar-refractivity contribution in [2.75, 3.05) is 7.11 Å². The number of aliphatic imine (C=N–C) groups is 1. The molecule has 2 unspecified atom stereocenters. The van der Waals surface area contributed by atoms with Gasteiger partial charge in [-0.1, -0.05) is 55.9 Å². The number of nitrogens with zero attached hydrogens (tertiary/aromatic N) is 1. The minimum atomic E-state index is -1.51. The van der Waals surface area contributed by atoms with Gasteiger partial charge in [-0.25, -0.2) is 4.79 Å². The number of carbonyl (C=O) groups excluding carboxylic acids is 1. The Labute approximate surface area is 152 Å². The van der Waals surface area contributed by atoms with Crippen LogP contribution in [0.5, 0.6) is 0 Å². The summed E-state index contributed by atoms with van der Waals surface area (Å²) in [5, 5.41) is 0. The van der Waals surface area contributed by atoms with Gasteiger partial charge < -0.3 is 9.47 Å². The van der Waals surface area contributed by atoms with E-state index in [9.17, 15) is 4.79 Å². The molecule has 1 aromatic rings. The third-order valence-corrected chi connectivity index (χ3v) is 4.32. The number of unbranched alkanes of at least 4 members (excludes halogenated alkanes) is 1. The average Bonchev–Trinajstić information content (AvgIpc) is 2.58. The second kappa shape index (κ2) is 10.7. The standard InChI is InChI=1S/C20H29NO3Si/c1-17(18-11-7-6-8-12-18)21-15-10-9-13-19(24-20(22)23-2)14-16-25(3,4)5/h6-8,11-12,15,17,19H,9-10,13H2,1-5H3. The first-order chi connectivity index (χ1) is 11.8. The van der Waals surface area contributed by atoms with E-state index in [1.807, 2.05) is 24.4 Å². The third kappa shape index (κ3) is 9.73. The zero-order valence-corrected chi connectivity index (χ0v) is 16.9. The Morgan fingerprint density at radius 2 is 1.96 bits per heavy atom. The van der Waals surface area contributed by atoms with Crippen molar-refractivity contribution in [3.8, 4) is 11.5 Å². The third-order valence-electron chi connectivity index (χ3n) is 3.42. The molecule has 0 fully saturated rings. The molecule has 0 aliphatic carbocycles. The number of carbonyl (C=O) groups is 1. The molecule has 1 rings (SSSR count). The fourth-order valence-corrected chi connectivity index (χ4v) is 2.66. The van der Waals surface area contributed by atoms with Gasteiger partial charge in [0.2, 0.25) is 0 Å². The molecule has 25 heavy (non-hydrogen) atoms. The predicted octanol–water partition coefficient (Wildman–Crippen LogP) is 5.02. The van der Waals surface area contributed by atoms with Crippen molar-refractivity contribution >= 4 is 20.4 Å². The number of hydrogen-bond donors (Lipinski definition) is 0. The van der Waals surface area contributed by atoms with Gasteiger partial charge in [0.25, 0.3) is 0 Å². The highest BCUT2D eigenvalue weighted by atomic mass is 28.3. The van der Waals surface area contributed by atoms with Gasteiger partial charge in [-0.3, -0.25) is 4.99 Å². The van der Waals surface area contributed by atoms with Crippen LogP contribution < -0.4 is 0 Å². The molecule has 0 amide bonds. The van der Waals surface area contributed by atoms with Crippen LogP contribution in [-0.2, 0) is 9.47 Å². The Morgan fingerprint density at radius 1 is 1.28 bits per heavy atom. The summed E-state index contributed by atoms with van der Waals surface area (Å²) in [5.41, 5.74) is 4.46. The molecule has 0 bridgehead atoms. The van der Waals surface area contributed by atoms with Crippen LogP contribution >= 0.6 is 0 Å². The lowest BCUT2D eigenvalue weighted by Gasteiger charge is -2.12. The van der Waals surface area contributed by atoms with Crippen LogP contribution in [0.2, 0.25) is 19.6 Å². The zero-order valence-electron chi connectivity index (χ0n) is 15.9. The van der Waals surface area contributed by atoms with E-state index >= 15 is 0 Å². The van der Waals surface area contributed by atoms with Crippen molar-refractivity contribution in [3.63, 3.8) is 0 Å². The summed E-state index contributed by atoms with van der Waals surface area (Å²) >= 11 is 0. The summed E-state index contributed by atoms with van der Waals surface area (Å²) < 4.78 is 9.81. The van der Waals surface area contributed by atoms with Crippen molar-refractivity contribution in [2.45, 2.75) is 58.0 Å². The Balaban J connectivity index is 2.48. The van der Waals surface area contributed by atoms with E-state index in [1.54, 1.807) is 0 Å². The molecule has 5 heteroatoms. The summed E-state index contributed by atoms with van der Waals surface area (Å²) in [6.45, 7) is 8.56. The van der Waals surface area contributed by atoms with Crippen molar-refractivity contribution < 1.29 is 14.3 Å². The van der Waals surface area contributed by atoms with Crippen LogP contribution in [0.1, 0.15) is 37.8 Å². The zero-order chi connectivity index (χ0) is 18.7. The number of hydrogen-bond acceptors (Lipinski definition) is 4. The molecule has 0 radical (unpaired) electrons. The van der Waals surface area contributed by atoms with Crippen molar-refractivity contribution in [1.82, 2.24) is 0 Å². The van der Waals surface area contributed by atoms with Gasteiger partial charge in [0, 0.05) is 0 Å². The van der Waals surface area contributed by atoms with Crippen LogP contribution in [0, 0.1) is 11.5 Å². The maximum Gasteiger partial charge on any atom is 0.509 e. The molecule has 0 saturated heterocycles. The lowest BCUT2D eigenvalue weighted by atomic mass is 10.1. The van der Waals surface area contributed by atoms with Crippen LogP contribution in [0.3, 0.4) is 0 Å². The Morgan fingerprint density at radius 3 is 2.56 bits per heavy atom. The van der Waals surface area contributed by atoms with E-state index < -0.39 is 20.3 Å². The summed E-state index contributed by atoms with van der Waals surface area (Å²) in [6.07, 6.45) is 3.21. The molecule has 0 aliphatic heterocycles. The quantitative estimate of drug-likeness (QED) is 0.226. The molecule has 0 aromatic heterocycles. The fraction of sp³-hybridized carbons (Fsp3) is 0.500. The lowest BCUT2D eigenvalue weighted by molar-refractivity contribution is 0.0525. The summed E-state index contributed by atoms with van der Waals surface area (Å²) in [4.78, 5) is 15.9. The van der Waals surface area contributed by atoms with E-state index in [0.717, 1.165) is 12.8 Å². The van der Waals surface area contributed by atoms with Gasteiger partial charge in [0.05, 0.1) is 13.2 Å². The van der Waals surface area contributed by atoms with E-state index in [1.165, 1.54) is 12.7 Å². The fourth-order valence-electron chi connectivity index (χ4n) is 2.07. The minimum Gasteiger partial charge on any atom is -0.438 e. The SMILES string of the molecule is COC(=O)OC(C#C[Si](C)(C)C)CCCC=NC(C)c1ccccc1. The highest BCUT2D eigenvalue weighted by Gasteiger charge is 2.14. The Bertz CT molecular complexity index is 611. The molecule has 2 atom stereocenters. The van der Waals surface area contributed by atoms with E-state index in [0.29, 0.717) is 6.42 Å². The number of ether oxygens (including phenoxy) is 2. The van der Waals surface area contributed by atoms with Gasteiger partial charge in [-0.15, -0.1) is 5.54 Å². The number of methoxy groups -OCH3 is 1. The highest BCUT2D eigenvalue weighted by molar-refractivity contribution is 6.83. The molecular weight excluding hydrogens is 330 g/mol. The maximum absolute atomic E-state index is 11.4. The molecular formula is C20H29NO3Si. The first-order valence-corrected chi connectivity index (χ1v) is 12.2. The first-order valence-electron chi connectivity index (χ1n) is 8.65. The average molecular weight is 360 g/mol. The summed E-state index contributed by atoms with van der Waals surface area (Å²) in [7, 11) is -0.199. The largest absolute Gasteiger partial charge is 0.509 e. The molecule has 0 saturated carbocycles. The topological polar surface area (TPSA) is 47.9 Å². The van der Waals surface area contributed by atoms with Gasteiger partial charge in [0.1, 0.15) is 8.07 Å². The molecule has 0 aliphatic rings. The van der Waals surface area contributed by atoms with Gasteiger partial charge in [0.15, 0.2) is 6.10 Å². The summed E-state index contributed by atoms with van der Waals surface area (Å²) in [5.74, 6) is 3.09. The van der Waals surface area contributed by atoms with Gasteiger partial charge >= 0.3 is 6.16 Å². The second-order valence-corrected chi connectivity index (χ2v) is 11.7. The van der Waals surface area contributed by atoms with Gasteiger partial charge in [-0.05, 0) is 38.0 Å². The molecule has 136 valence electrons.